The van der Waals surface area contributed by atoms with E-state index in [2.05, 4.69) is 0 Å². The fourth-order valence-corrected chi connectivity index (χ4v) is 0.328. The summed E-state index contributed by atoms with van der Waals surface area (Å²) in [5.41, 5.74) is 5.96. The monoisotopic (exact) mass is 141 g/mol. The van der Waals surface area contributed by atoms with Crippen LogP contribution >= 0.6 is 0 Å². The van der Waals surface area contributed by atoms with E-state index in [-0.39, 0.29) is 5.70 Å². The van der Waals surface area contributed by atoms with Gasteiger partial charge in [0.2, 0.25) is 0 Å². The molecule has 0 aromatic rings. The standard InChI is InChI=1S/C7H11NO2/c1-5(2)3-4-6(8)7(9)10/h3-4H,8H2,1-2H3,(H,9,10)/b6-4+. The minimum Gasteiger partial charge on any atom is -0.477 e. The van der Waals surface area contributed by atoms with Gasteiger partial charge in [0.25, 0.3) is 0 Å². The Hall–Kier alpha value is -1.25. The molecule has 0 radical (unpaired) electrons. The Balaban J connectivity index is 4.19. The molecule has 0 saturated carbocycles. The SMILES string of the molecule is CC(C)=C/C=C(/N)C(=O)O. The maximum absolute atomic E-state index is 10.1. The lowest BCUT2D eigenvalue weighted by Gasteiger charge is -1.88. The Kier molecular flexibility index (Phi) is 3.25. The van der Waals surface area contributed by atoms with Crippen LogP contribution in [0.4, 0.5) is 0 Å². The fraction of sp³-hybridized carbons (Fsp3) is 0.286. The van der Waals surface area contributed by atoms with Crippen molar-refractivity contribution >= 4 is 5.97 Å². The van der Waals surface area contributed by atoms with Crippen molar-refractivity contribution in [1.82, 2.24) is 0 Å². The zero-order valence-corrected chi connectivity index (χ0v) is 6.09. The van der Waals surface area contributed by atoms with Gasteiger partial charge in [-0.05, 0) is 19.9 Å². The lowest BCUT2D eigenvalue weighted by atomic mass is 10.3. The summed E-state index contributed by atoms with van der Waals surface area (Å²) >= 11 is 0. The van der Waals surface area contributed by atoms with Crippen molar-refractivity contribution in [2.45, 2.75) is 13.8 Å². The largest absolute Gasteiger partial charge is 0.477 e. The molecule has 0 atom stereocenters. The molecule has 0 heterocycles. The highest BCUT2D eigenvalue weighted by Gasteiger charge is 1.96. The summed E-state index contributed by atoms with van der Waals surface area (Å²) in [6.45, 7) is 3.73. The number of carboxylic acids is 1. The number of aliphatic carboxylic acids is 1. The summed E-state index contributed by atoms with van der Waals surface area (Å²) in [6, 6.07) is 0. The van der Waals surface area contributed by atoms with Gasteiger partial charge >= 0.3 is 5.97 Å². The van der Waals surface area contributed by atoms with E-state index in [4.69, 9.17) is 10.8 Å². The van der Waals surface area contributed by atoms with Crippen LogP contribution in [0.5, 0.6) is 0 Å². The van der Waals surface area contributed by atoms with Gasteiger partial charge in [-0.2, -0.15) is 0 Å². The maximum Gasteiger partial charge on any atom is 0.351 e. The first-order chi connectivity index (χ1) is 4.54. The van der Waals surface area contributed by atoms with Crippen LogP contribution in [0.3, 0.4) is 0 Å². The van der Waals surface area contributed by atoms with Gasteiger partial charge in [-0.15, -0.1) is 0 Å². The molecule has 0 aliphatic heterocycles. The zero-order valence-electron chi connectivity index (χ0n) is 6.09. The second-order valence-corrected chi connectivity index (χ2v) is 2.17. The van der Waals surface area contributed by atoms with E-state index in [0.29, 0.717) is 0 Å². The van der Waals surface area contributed by atoms with Crippen molar-refractivity contribution in [2.24, 2.45) is 5.73 Å². The number of hydrogen-bond acceptors (Lipinski definition) is 2. The van der Waals surface area contributed by atoms with Crippen molar-refractivity contribution < 1.29 is 9.90 Å². The van der Waals surface area contributed by atoms with Gasteiger partial charge in [-0.3, -0.25) is 0 Å². The summed E-state index contributed by atoms with van der Waals surface area (Å²) < 4.78 is 0. The van der Waals surface area contributed by atoms with Crippen molar-refractivity contribution in [3.8, 4) is 0 Å². The summed E-state index contributed by atoms with van der Waals surface area (Å²) in [7, 11) is 0. The van der Waals surface area contributed by atoms with Gasteiger partial charge in [0, 0.05) is 0 Å². The smallest absolute Gasteiger partial charge is 0.351 e. The van der Waals surface area contributed by atoms with E-state index >= 15 is 0 Å². The van der Waals surface area contributed by atoms with Crippen LogP contribution in [0.2, 0.25) is 0 Å². The molecule has 0 fully saturated rings. The topological polar surface area (TPSA) is 63.3 Å². The van der Waals surface area contributed by atoms with Crippen LogP contribution in [0, 0.1) is 0 Å². The molecule has 0 aliphatic carbocycles. The normalized spacial score (nSPS) is 10.8. The Bertz CT molecular complexity index is 188. The molecular formula is C7H11NO2. The van der Waals surface area contributed by atoms with E-state index in [0.717, 1.165) is 5.57 Å². The van der Waals surface area contributed by atoms with Gasteiger partial charge in [-0.1, -0.05) is 11.6 Å². The summed E-state index contributed by atoms with van der Waals surface area (Å²) in [5, 5.41) is 8.27. The summed E-state index contributed by atoms with van der Waals surface area (Å²) in [5.74, 6) is -1.09. The molecule has 56 valence electrons. The van der Waals surface area contributed by atoms with Crippen molar-refractivity contribution in [3.05, 3.63) is 23.4 Å². The number of allylic oxidation sites excluding steroid dienone is 3. The average molecular weight is 141 g/mol. The third-order valence-corrected chi connectivity index (χ3v) is 0.843. The highest BCUT2D eigenvalue weighted by Crippen LogP contribution is 1.91. The fourth-order valence-electron chi connectivity index (χ4n) is 0.328. The molecule has 10 heavy (non-hydrogen) atoms. The summed E-state index contributed by atoms with van der Waals surface area (Å²) in [4.78, 5) is 10.1. The Morgan fingerprint density at radius 1 is 1.40 bits per heavy atom. The third-order valence-electron chi connectivity index (χ3n) is 0.843. The molecular weight excluding hydrogens is 130 g/mol. The zero-order chi connectivity index (χ0) is 8.15. The van der Waals surface area contributed by atoms with Crippen molar-refractivity contribution in [1.29, 1.82) is 0 Å². The quantitative estimate of drug-likeness (QED) is 0.443. The molecule has 0 bridgehead atoms. The van der Waals surface area contributed by atoms with Gasteiger partial charge in [0.1, 0.15) is 5.70 Å². The van der Waals surface area contributed by atoms with Gasteiger partial charge in [0.05, 0.1) is 0 Å². The molecule has 3 heteroatoms. The van der Waals surface area contributed by atoms with Crippen LogP contribution < -0.4 is 5.73 Å². The van der Waals surface area contributed by atoms with Crippen LogP contribution in [-0.4, -0.2) is 11.1 Å². The number of hydrogen-bond donors (Lipinski definition) is 2. The minimum absolute atomic E-state index is 0.138. The minimum atomic E-state index is -1.09. The molecule has 0 rings (SSSR count). The maximum atomic E-state index is 10.1. The van der Waals surface area contributed by atoms with Gasteiger partial charge < -0.3 is 10.8 Å². The van der Waals surface area contributed by atoms with Crippen LogP contribution in [0.25, 0.3) is 0 Å². The lowest BCUT2D eigenvalue weighted by molar-refractivity contribution is -0.132. The first kappa shape index (κ1) is 8.75. The Labute approximate surface area is 59.8 Å². The molecule has 3 nitrogen and oxygen atoms in total. The number of rotatable bonds is 2. The highest BCUT2D eigenvalue weighted by molar-refractivity contribution is 5.85. The third kappa shape index (κ3) is 3.72. The van der Waals surface area contributed by atoms with Crippen LogP contribution in [0.1, 0.15) is 13.8 Å². The predicted octanol–water partition coefficient (Wildman–Crippen LogP) is 0.880. The van der Waals surface area contributed by atoms with E-state index < -0.39 is 5.97 Å². The summed E-state index contributed by atoms with van der Waals surface area (Å²) in [6.07, 6.45) is 3.03. The molecule has 0 aromatic heterocycles. The predicted molar refractivity (Wildman–Crippen MR) is 39.3 cm³/mol. The molecule has 0 saturated heterocycles. The van der Waals surface area contributed by atoms with E-state index in [1.807, 2.05) is 13.8 Å². The average Bonchev–Trinajstić information content (AvgIpc) is 1.82. The van der Waals surface area contributed by atoms with Gasteiger partial charge in [-0.25, -0.2) is 4.79 Å². The lowest BCUT2D eigenvalue weighted by Crippen LogP contribution is -2.08. The number of carboxylic acid groups (broad SMARTS) is 1. The molecule has 0 unspecified atom stereocenters. The highest BCUT2D eigenvalue weighted by atomic mass is 16.4. The Morgan fingerprint density at radius 3 is 2.20 bits per heavy atom. The van der Waals surface area contributed by atoms with Crippen LogP contribution in [0.15, 0.2) is 23.4 Å². The molecule has 0 aliphatic rings. The second-order valence-electron chi connectivity index (χ2n) is 2.17. The van der Waals surface area contributed by atoms with Gasteiger partial charge in [0.15, 0.2) is 0 Å². The van der Waals surface area contributed by atoms with E-state index in [9.17, 15) is 4.79 Å². The number of nitrogens with two attached hydrogens (primary N) is 1. The molecule has 3 N–H and O–H groups in total. The van der Waals surface area contributed by atoms with E-state index in [1.165, 1.54) is 6.08 Å². The molecule has 0 amide bonds. The second kappa shape index (κ2) is 3.71. The molecule has 0 spiro atoms. The first-order valence-corrected chi connectivity index (χ1v) is 2.88. The van der Waals surface area contributed by atoms with E-state index in [1.54, 1.807) is 6.08 Å². The number of carbonyl (C=O) groups is 1. The Morgan fingerprint density at radius 2 is 1.90 bits per heavy atom. The van der Waals surface area contributed by atoms with Crippen LogP contribution in [-0.2, 0) is 4.79 Å². The van der Waals surface area contributed by atoms with Crippen molar-refractivity contribution in [3.63, 3.8) is 0 Å². The van der Waals surface area contributed by atoms with Crippen molar-refractivity contribution in [2.75, 3.05) is 0 Å². The first-order valence-electron chi connectivity index (χ1n) is 2.88. The molecule has 0 aromatic carbocycles.